The van der Waals surface area contributed by atoms with E-state index in [1.54, 1.807) is 19.1 Å². The average molecular weight is 359 g/mol. The van der Waals surface area contributed by atoms with E-state index in [-0.39, 0.29) is 31.2 Å². The van der Waals surface area contributed by atoms with Gasteiger partial charge in [-0.3, -0.25) is 4.79 Å². The summed E-state index contributed by atoms with van der Waals surface area (Å²) in [6, 6.07) is 3.30. The number of nitrogens with one attached hydrogen (secondary N) is 1. The number of fused-ring (bicyclic) bond motifs is 1. The molecule has 0 spiro atoms. The molecule has 2 atom stereocenters. The third-order valence-electron chi connectivity index (χ3n) is 3.98. The highest BCUT2D eigenvalue weighted by Gasteiger charge is 2.21. The molecule has 0 aliphatic carbocycles. The molecule has 2 heterocycles. The van der Waals surface area contributed by atoms with Crippen molar-refractivity contribution in [1.29, 1.82) is 0 Å². The maximum atomic E-state index is 12.2. The quantitative estimate of drug-likeness (QED) is 0.785. The molecule has 1 aromatic rings. The summed E-state index contributed by atoms with van der Waals surface area (Å²) < 4.78 is 21.7. The van der Waals surface area contributed by atoms with Crippen molar-refractivity contribution >= 4 is 29.7 Å². The number of hydrogen-bond acceptors (Lipinski definition) is 6. The van der Waals surface area contributed by atoms with E-state index in [1.807, 2.05) is 0 Å². The Morgan fingerprint density at radius 2 is 2.12 bits per heavy atom. The third-order valence-corrected chi connectivity index (χ3v) is 3.98. The van der Waals surface area contributed by atoms with Gasteiger partial charge < -0.3 is 30.0 Å². The van der Waals surface area contributed by atoms with Crippen molar-refractivity contribution in [2.45, 2.75) is 38.4 Å². The molecule has 1 amide bonds. The summed E-state index contributed by atoms with van der Waals surface area (Å²) in [5, 5.41) is 2.76. The number of carbonyl (C=O) groups excluding carboxylic acids is 1. The molecule has 1 saturated heterocycles. The van der Waals surface area contributed by atoms with Crippen LogP contribution < -0.4 is 20.5 Å². The average Bonchev–Trinajstić information content (AvgIpc) is 3.00. The van der Waals surface area contributed by atoms with Crippen LogP contribution in [-0.2, 0) is 14.3 Å². The van der Waals surface area contributed by atoms with Gasteiger partial charge in [0.05, 0.1) is 24.1 Å². The Balaban J connectivity index is 0.00000208. The second-order valence-corrected chi connectivity index (χ2v) is 5.75. The minimum atomic E-state index is -0.592. The smallest absolute Gasteiger partial charge is 0.253 e. The van der Waals surface area contributed by atoms with Crippen LogP contribution in [0.25, 0.3) is 0 Å². The Kier molecular flexibility index (Phi) is 6.53. The van der Waals surface area contributed by atoms with Crippen molar-refractivity contribution in [1.82, 2.24) is 0 Å². The Morgan fingerprint density at radius 3 is 2.83 bits per heavy atom. The van der Waals surface area contributed by atoms with Crippen LogP contribution in [0.1, 0.15) is 26.2 Å². The minimum absolute atomic E-state index is 0. The number of carbonyl (C=O) groups is 1. The van der Waals surface area contributed by atoms with E-state index >= 15 is 0 Å². The van der Waals surface area contributed by atoms with E-state index in [0.717, 1.165) is 25.9 Å². The molecule has 2 unspecified atom stereocenters. The summed E-state index contributed by atoms with van der Waals surface area (Å²) in [5.41, 5.74) is 6.83. The van der Waals surface area contributed by atoms with Crippen LogP contribution in [-0.4, -0.2) is 38.1 Å². The highest BCUT2D eigenvalue weighted by Crippen LogP contribution is 2.38. The fraction of sp³-hybridized carbons (Fsp3) is 0.562. The molecule has 1 aromatic carbocycles. The molecule has 0 aromatic heterocycles. The highest BCUT2D eigenvalue weighted by molar-refractivity contribution is 5.97. The first-order valence-corrected chi connectivity index (χ1v) is 7.86. The lowest BCUT2D eigenvalue weighted by molar-refractivity contribution is -0.130. The summed E-state index contributed by atoms with van der Waals surface area (Å²) in [6.07, 6.45) is 2.70. The number of nitrogen functional groups attached to an aromatic ring is 1. The summed E-state index contributed by atoms with van der Waals surface area (Å²) in [6.45, 7) is 3.06. The Hall–Kier alpha value is -1.70. The molecule has 8 heteroatoms. The molecule has 7 nitrogen and oxygen atoms in total. The van der Waals surface area contributed by atoms with Gasteiger partial charge in [-0.1, -0.05) is 0 Å². The molecule has 1 fully saturated rings. The minimum Gasteiger partial charge on any atom is -0.454 e. The summed E-state index contributed by atoms with van der Waals surface area (Å²) in [4.78, 5) is 12.2. The lowest BCUT2D eigenvalue weighted by Gasteiger charge is -2.24. The van der Waals surface area contributed by atoms with Crippen LogP contribution in [0.4, 0.5) is 11.4 Å². The molecule has 0 radical (unpaired) electrons. The molecule has 0 saturated carbocycles. The molecule has 134 valence electrons. The zero-order valence-corrected chi connectivity index (χ0v) is 14.4. The normalized spacial score (nSPS) is 20.1. The zero-order chi connectivity index (χ0) is 16.2. The van der Waals surface area contributed by atoms with Crippen molar-refractivity contribution < 1.29 is 23.7 Å². The van der Waals surface area contributed by atoms with Crippen molar-refractivity contribution in [2.24, 2.45) is 0 Å². The first kappa shape index (κ1) is 18.6. The predicted octanol–water partition coefficient (Wildman–Crippen LogP) is 2.33. The van der Waals surface area contributed by atoms with E-state index in [1.165, 1.54) is 0 Å². The number of halogens is 1. The van der Waals surface area contributed by atoms with Crippen molar-refractivity contribution in [3.05, 3.63) is 12.1 Å². The Morgan fingerprint density at radius 1 is 1.38 bits per heavy atom. The predicted molar refractivity (Wildman–Crippen MR) is 91.9 cm³/mol. The summed E-state index contributed by atoms with van der Waals surface area (Å²) in [5.74, 6) is 0.893. The van der Waals surface area contributed by atoms with Gasteiger partial charge in [0.2, 0.25) is 6.79 Å². The van der Waals surface area contributed by atoms with Gasteiger partial charge in [-0.25, -0.2) is 0 Å². The van der Waals surface area contributed by atoms with Crippen molar-refractivity contribution in [3.63, 3.8) is 0 Å². The largest absolute Gasteiger partial charge is 0.454 e. The van der Waals surface area contributed by atoms with E-state index in [2.05, 4.69) is 5.32 Å². The van der Waals surface area contributed by atoms with E-state index in [9.17, 15) is 4.79 Å². The molecular formula is C16H23ClN2O5. The van der Waals surface area contributed by atoms with Gasteiger partial charge in [-0.15, -0.1) is 12.4 Å². The van der Waals surface area contributed by atoms with Crippen LogP contribution in [0, 0.1) is 0 Å². The number of nitrogens with two attached hydrogens (primary N) is 1. The van der Waals surface area contributed by atoms with E-state index < -0.39 is 6.10 Å². The fourth-order valence-corrected chi connectivity index (χ4v) is 2.57. The van der Waals surface area contributed by atoms with E-state index in [0.29, 0.717) is 29.5 Å². The number of rotatable bonds is 5. The topological polar surface area (TPSA) is 92.0 Å². The number of hydrogen-bond donors (Lipinski definition) is 2. The molecule has 3 N–H and O–H groups in total. The molecule has 3 rings (SSSR count). The molecular weight excluding hydrogens is 336 g/mol. The lowest BCUT2D eigenvalue weighted by Crippen LogP contribution is -2.32. The first-order chi connectivity index (χ1) is 11.1. The SMILES string of the molecule is CC(OCC1CCCCO1)C(=O)Nc1cc2c(cc1N)OCO2.Cl. The van der Waals surface area contributed by atoms with Gasteiger partial charge in [-0.05, 0) is 26.2 Å². The molecule has 0 bridgehead atoms. The first-order valence-electron chi connectivity index (χ1n) is 7.86. The van der Waals surface area contributed by atoms with Crippen molar-refractivity contribution in [2.75, 3.05) is 31.1 Å². The Labute approximate surface area is 147 Å². The van der Waals surface area contributed by atoms with Crippen LogP contribution in [0.2, 0.25) is 0 Å². The highest BCUT2D eigenvalue weighted by atomic mass is 35.5. The van der Waals surface area contributed by atoms with Gasteiger partial charge in [0.25, 0.3) is 5.91 Å². The van der Waals surface area contributed by atoms with E-state index in [4.69, 9.17) is 24.7 Å². The summed E-state index contributed by atoms with van der Waals surface area (Å²) in [7, 11) is 0. The zero-order valence-electron chi connectivity index (χ0n) is 13.6. The lowest BCUT2D eigenvalue weighted by atomic mass is 10.1. The van der Waals surface area contributed by atoms with Gasteiger partial charge in [0.15, 0.2) is 11.5 Å². The molecule has 24 heavy (non-hydrogen) atoms. The van der Waals surface area contributed by atoms with Crippen LogP contribution >= 0.6 is 12.4 Å². The second kappa shape index (κ2) is 8.41. The van der Waals surface area contributed by atoms with Gasteiger partial charge in [0.1, 0.15) is 6.10 Å². The molecule has 2 aliphatic heterocycles. The third kappa shape index (κ3) is 4.43. The number of ether oxygens (including phenoxy) is 4. The fourth-order valence-electron chi connectivity index (χ4n) is 2.57. The maximum Gasteiger partial charge on any atom is 0.253 e. The van der Waals surface area contributed by atoms with Crippen LogP contribution in [0.3, 0.4) is 0 Å². The number of anilines is 2. The van der Waals surface area contributed by atoms with Gasteiger partial charge >= 0.3 is 0 Å². The maximum absolute atomic E-state index is 12.2. The number of amides is 1. The number of benzene rings is 1. The summed E-state index contributed by atoms with van der Waals surface area (Å²) >= 11 is 0. The van der Waals surface area contributed by atoms with Crippen LogP contribution in [0.15, 0.2) is 12.1 Å². The van der Waals surface area contributed by atoms with Crippen LogP contribution in [0.5, 0.6) is 11.5 Å². The monoisotopic (exact) mass is 358 g/mol. The molecule has 2 aliphatic rings. The van der Waals surface area contributed by atoms with Gasteiger partial charge in [0, 0.05) is 18.7 Å². The van der Waals surface area contributed by atoms with Gasteiger partial charge in [-0.2, -0.15) is 0 Å². The Bertz CT molecular complexity index is 578. The standard InChI is InChI=1S/C16H22N2O5.ClH/c1-10(21-8-11-4-2-3-5-20-11)16(19)18-13-7-15-14(6-12(13)17)22-9-23-15;/h6-7,10-11H,2-5,8-9,17H2,1H3,(H,18,19);1H. The second-order valence-electron chi connectivity index (χ2n) is 5.75. The van der Waals surface area contributed by atoms with Crippen molar-refractivity contribution in [3.8, 4) is 11.5 Å².